The summed E-state index contributed by atoms with van der Waals surface area (Å²) in [6.07, 6.45) is 2.34. The molecule has 356 valence electrons. The Labute approximate surface area is 408 Å². The maximum Gasteiger partial charge on any atom is 0.236 e. The van der Waals surface area contributed by atoms with Crippen molar-refractivity contribution in [3.8, 4) is 23.0 Å². The van der Waals surface area contributed by atoms with Crippen LogP contribution < -0.4 is 29.6 Å². The molecule has 0 saturated heterocycles. The number of methoxy groups -OCH3 is 4. The number of aliphatic hydroxyl groups is 2. The second-order valence-corrected chi connectivity index (χ2v) is 17.9. The Kier molecular flexibility index (Phi) is 13.6. The molecule has 1 aliphatic rings. The molecule has 9 rings (SSSR count). The number of fused-ring (bicyclic) bond motifs is 2. The molecule has 10 heteroatoms. The number of rotatable bonds is 16. The first kappa shape index (κ1) is 47.4. The van der Waals surface area contributed by atoms with Gasteiger partial charge in [0, 0.05) is 22.3 Å². The molecule has 0 radical (unpaired) electrons. The van der Waals surface area contributed by atoms with E-state index >= 15 is 9.59 Å². The summed E-state index contributed by atoms with van der Waals surface area (Å²) in [6, 6.07) is 53.4. The van der Waals surface area contributed by atoms with E-state index in [0.717, 1.165) is 28.0 Å². The zero-order valence-electron chi connectivity index (χ0n) is 39.9. The first-order chi connectivity index (χ1) is 34.1. The predicted octanol–water partition coefficient (Wildman–Crippen LogP) is 10.9. The van der Waals surface area contributed by atoms with Gasteiger partial charge in [0.15, 0.2) is 0 Å². The maximum atomic E-state index is 16.2. The molecule has 0 heterocycles. The quantitative estimate of drug-likeness (QED) is 0.0704. The second kappa shape index (κ2) is 20.1. The van der Waals surface area contributed by atoms with E-state index in [0.29, 0.717) is 69.2 Å². The van der Waals surface area contributed by atoms with Crippen molar-refractivity contribution in [1.29, 1.82) is 0 Å². The van der Waals surface area contributed by atoms with Crippen molar-refractivity contribution in [2.24, 2.45) is 5.41 Å². The average Bonchev–Trinajstić information content (AvgIpc) is 3.43. The summed E-state index contributed by atoms with van der Waals surface area (Å²) in [7, 11) is 6.16. The SMILES string of the molecule is COc1ccccc1C(O)(c1ccccc1OC)[C@@H](NC(=O)C1(C(=O)N[C@@H](c2cccc3ccccc23)C(O)(c2ccccc2OC)c2ccccc2OC)CCCCC1)c1cccc2ccccc12. The van der Waals surface area contributed by atoms with Crippen molar-refractivity contribution in [1.82, 2.24) is 10.6 Å². The van der Waals surface area contributed by atoms with Gasteiger partial charge in [-0.1, -0.05) is 177 Å². The smallest absolute Gasteiger partial charge is 0.236 e. The van der Waals surface area contributed by atoms with Crippen LogP contribution in [0.5, 0.6) is 23.0 Å². The predicted molar refractivity (Wildman–Crippen MR) is 273 cm³/mol. The molecule has 0 aliphatic heterocycles. The number of para-hydroxylation sites is 4. The lowest BCUT2D eigenvalue weighted by atomic mass is 9.70. The fraction of sp³-hybridized carbons (Fsp3) is 0.233. The van der Waals surface area contributed by atoms with Crippen LogP contribution in [0.3, 0.4) is 0 Å². The van der Waals surface area contributed by atoms with Crippen LogP contribution >= 0.6 is 0 Å². The number of carbonyl (C=O) groups is 2. The standard InChI is InChI=1S/C60H58N2O8/c1-67-50-34-14-10-30-46(50)59(65,47-31-11-15-35-51(47)68-2)54(44-28-20-24-40-22-6-8-26-42(40)44)61-56(63)58(38-18-5-19-39-58)57(64)62-55(45-29-21-25-41-23-7-9-27-43(41)45)60(66,48-32-12-16-36-52(48)69-3)49-33-13-17-37-53(49)70-4/h6-17,20-37,54-55,65-66H,5,18-19,38-39H2,1-4H3,(H,61,63)(H,62,64)/t54-,55-/m0/s1. The van der Waals surface area contributed by atoms with Crippen LogP contribution in [-0.4, -0.2) is 50.5 Å². The molecule has 0 bridgehead atoms. The topological polar surface area (TPSA) is 136 Å². The van der Waals surface area contributed by atoms with Crippen LogP contribution in [0.4, 0.5) is 0 Å². The maximum absolute atomic E-state index is 16.2. The molecule has 2 amide bonds. The van der Waals surface area contributed by atoms with E-state index in [4.69, 9.17) is 18.9 Å². The molecule has 0 unspecified atom stereocenters. The van der Waals surface area contributed by atoms with Gasteiger partial charge in [-0.25, -0.2) is 0 Å². The molecule has 4 N–H and O–H groups in total. The third kappa shape index (κ3) is 8.26. The Balaban J connectivity index is 1.26. The summed E-state index contributed by atoms with van der Waals surface area (Å²) < 4.78 is 23.9. The molecule has 0 aromatic heterocycles. The average molecular weight is 935 g/mol. The number of carbonyl (C=O) groups excluding carboxylic acids is 2. The largest absolute Gasteiger partial charge is 0.496 e. The fourth-order valence-electron chi connectivity index (χ4n) is 10.8. The molecule has 1 saturated carbocycles. The number of amides is 2. The highest BCUT2D eigenvalue weighted by Gasteiger charge is 2.54. The minimum Gasteiger partial charge on any atom is -0.496 e. The Morgan fingerprint density at radius 3 is 1.07 bits per heavy atom. The lowest BCUT2D eigenvalue weighted by Crippen LogP contribution is -2.58. The summed E-state index contributed by atoms with van der Waals surface area (Å²) in [5.74, 6) is 0.355. The van der Waals surface area contributed by atoms with Crippen molar-refractivity contribution >= 4 is 33.4 Å². The lowest BCUT2D eigenvalue weighted by molar-refractivity contribution is -0.149. The van der Waals surface area contributed by atoms with E-state index in [9.17, 15) is 10.2 Å². The van der Waals surface area contributed by atoms with E-state index in [2.05, 4.69) is 10.6 Å². The van der Waals surface area contributed by atoms with Crippen molar-refractivity contribution in [3.63, 3.8) is 0 Å². The Morgan fingerprint density at radius 2 is 0.729 bits per heavy atom. The molecule has 1 fully saturated rings. The Bertz CT molecular complexity index is 2850. The first-order valence-corrected chi connectivity index (χ1v) is 23.7. The van der Waals surface area contributed by atoms with Gasteiger partial charge in [0.05, 0.1) is 40.5 Å². The van der Waals surface area contributed by atoms with E-state index in [1.807, 2.05) is 133 Å². The molecule has 2 atom stereocenters. The number of ether oxygens (including phenoxy) is 4. The number of hydrogen-bond acceptors (Lipinski definition) is 8. The van der Waals surface area contributed by atoms with Gasteiger partial charge in [-0.15, -0.1) is 0 Å². The summed E-state index contributed by atoms with van der Waals surface area (Å²) in [5.41, 5.74) is -3.13. The first-order valence-electron chi connectivity index (χ1n) is 23.7. The van der Waals surface area contributed by atoms with E-state index in [1.165, 1.54) is 28.4 Å². The van der Waals surface area contributed by atoms with E-state index in [-0.39, 0.29) is 12.8 Å². The van der Waals surface area contributed by atoms with Crippen molar-refractivity contribution in [3.05, 3.63) is 215 Å². The number of nitrogens with one attached hydrogen (secondary N) is 2. The molecule has 70 heavy (non-hydrogen) atoms. The highest BCUT2D eigenvalue weighted by Crippen LogP contribution is 2.52. The molecule has 1 aliphatic carbocycles. The van der Waals surface area contributed by atoms with E-state index in [1.54, 1.807) is 48.5 Å². The fourth-order valence-corrected chi connectivity index (χ4v) is 10.8. The lowest BCUT2D eigenvalue weighted by Gasteiger charge is -2.44. The van der Waals surface area contributed by atoms with Crippen molar-refractivity contribution in [2.45, 2.75) is 55.4 Å². The second-order valence-electron chi connectivity index (χ2n) is 17.9. The van der Waals surface area contributed by atoms with Gasteiger partial charge in [-0.2, -0.15) is 0 Å². The minimum atomic E-state index is -2.06. The highest BCUT2D eigenvalue weighted by atomic mass is 16.5. The van der Waals surface area contributed by atoms with Crippen molar-refractivity contribution < 1.29 is 38.7 Å². The Morgan fingerprint density at radius 1 is 0.429 bits per heavy atom. The van der Waals surface area contributed by atoms with Gasteiger partial charge in [0.2, 0.25) is 11.8 Å². The van der Waals surface area contributed by atoms with Crippen LogP contribution in [0.15, 0.2) is 182 Å². The third-order valence-corrected chi connectivity index (χ3v) is 14.3. The van der Waals surface area contributed by atoms with Gasteiger partial charge in [-0.05, 0) is 69.8 Å². The van der Waals surface area contributed by atoms with Crippen LogP contribution in [0.2, 0.25) is 0 Å². The normalized spacial score (nSPS) is 14.5. The monoisotopic (exact) mass is 934 g/mol. The van der Waals surface area contributed by atoms with E-state index < -0.39 is 40.5 Å². The zero-order valence-corrected chi connectivity index (χ0v) is 39.9. The van der Waals surface area contributed by atoms with Crippen LogP contribution in [0, 0.1) is 5.41 Å². The molecule has 8 aromatic rings. The summed E-state index contributed by atoms with van der Waals surface area (Å²) in [6.45, 7) is 0. The summed E-state index contributed by atoms with van der Waals surface area (Å²) in [5, 5.41) is 38.2. The van der Waals surface area contributed by atoms with Gasteiger partial charge in [0.1, 0.15) is 39.6 Å². The number of hydrogen-bond donors (Lipinski definition) is 4. The molecular weight excluding hydrogens is 877 g/mol. The van der Waals surface area contributed by atoms with Crippen LogP contribution in [-0.2, 0) is 20.8 Å². The zero-order chi connectivity index (χ0) is 48.9. The number of benzene rings is 8. The molecular formula is C60H58N2O8. The van der Waals surface area contributed by atoms with Gasteiger partial charge < -0.3 is 39.8 Å². The van der Waals surface area contributed by atoms with Crippen LogP contribution in [0.25, 0.3) is 21.5 Å². The van der Waals surface area contributed by atoms with Gasteiger partial charge in [-0.3, -0.25) is 9.59 Å². The van der Waals surface area contributed by atoms with Gasteiger partial charge >= 0.3 is 0 Å². The third-order valence-electron chi connectivity index (χ3n) is 14.3. The Hall–Kier alpha value is -7.66. The van der Waals surface area contributed by atoms with Gasteiger partial charge in [0.25, 0.3) is 0 Å². The molecule has 8 aromatic carbocycles. The summed E-state index contributed by atoms with van der Waals surface area (Å²) >= 11 is 0. The molecule has 10 nitrogen and oxygen atoms in total. The molecule has 0 spiro atoms. The summed E-state index contributed by atoms with van der Waals surface area (Å²) in [4.78, 5) is 32.3. The van der Waals surface area contributed by atoms with Crippen LogP contribution in [0.1, 0.15) is 77.6 Å². The van der Waals surface area contributed by atoms with Crippen molar-refractivity contribution in [2.75, 3.05) is 28.4 Å². The highest BCUT2D eigenvalue weighted by molar-refractivity contribution is 6.06. The minimum absolute atomic E-state index is 0.193.